The Hall–Kier alpha value is -3.14. The molecule has 9 nitrogen and oxygen atoms in total. The summed E-state index contributed by atoms with van der Waals surface area (Å²) < 4.78 is 16.7. The monoisotopic (exact) mass is 513 g/mol. The van der Waals surface area contributed by atoms with Gasteiger partial charge in [-0.3, -0.25) is 14.4 Å². The smallest absolute Gasteiger partial charge is 0.337 e. The van der Waals surface area contributed by atoms with Crippen molar-refractivity contribution >= 4 is 23.4 Å². The molecule has 1 saturated heterocycles. The zero-order valence-corrected chi connectivity index (χ0v) is 22.1. The minimum Gasteiger partial charge on any atom is -0.451 e. The van der Waals surface area contributed by atoms with Gasteiger partial charge in [-0.05, 0) is 50.3 Å². The molecule has 2 aliphatic heterocycles. The molecule has 9 heteroatoms. The second kappa shape index (κ2) is 11.9. The van der Waals surface area contributed by atoms with Crippen molar-refractivity contribution in [2.24, 2.45) is 11.8 Å². The molecule has 37 heavy (non-hydrogen) atoms. The molecule has 0 spiro atoms. The first kappa shape index (κ1) is 28.4. The lowest BCUT2D eigenvalue weighted by Gasteiger charge is -2.29. The Morgan fingerprint density at radius 2 is 1.73 bits per heavy atom. The van der Waals surface area contributed by atoms with E-state index in [1.165, 1.54) is 39.4 Å². The molecule has 4 bridgehead atoms. The van der Waals surface area contributed by atoms with Gasteiger partial charge in [0.15, 0.2) is 11.9 Å². The standard InChI is InChI=1S/C28H35NO8/c1-14-9-18-12-19(30)13-21(24(18)32)29-27(33)15(2)7-8-20-26(36-6)25(37-28(20)34)17(4)11-16(3)23(31)22(10-14)35-5/h7-8,11-14,16,22-23,25-26,31H,9-10H2,1-6H3,(H,29,33)/b15-7+,17-11+,20-8+/t14-,16+,22+,23-,25+,26+/m1/s1. The van der Waals surface area contributed by atoms with Crippen molar-refractivity contribution in [3.05, 3.63) is 58.4 Å². The Bertz CT molecular complexity index is 1130. The van der Waals surface area contributed by atoms with Crippen LogP contribution in [0.2, 0.25) is 0 Å². The molecule has 2 heterocycles. The lowest BCUT2D eigenvalue weighted by atomic mass is 9.86. The summed E-state index contributed by atoms with van der Waals surface area (Å²) in [5.41, 5.74) is 1.34. The third kappa shape index (κ3) is 6.41. The second-order valence-electron chi connectivity index (χ2n) is 9.95. The van der Waals surface area contributed by atoms with E-state index in [-0.39, 0.29) is 40.7 Å². The van der Waals surface area contributed by atoms with E-state index in [2.05, 4.69) is 5.32 Å². The van der Waals surface area contributed by atoms with Crippen molar-refractivity contribution < 1.29 is 38.5 Å². The second-order valence-corrected chi connectivity index (χ2v) is 9.95. The maximum Gasteiger partial charge on any atom is 0.337 e. The number of aliphatic hydroxyl groups is 1. The highest BCUT2D eigenvalue weighted by Crippen LogP contribution is 2.31. The number of carbonyl (C=O) groups excluding carboxylic acids is 4. The van der Waals surface area contributed by atoms with Gasteiger partial charge in [0.1, 0.15) is 6.10 Å². The summed E-state index contributed by atoms with van der Waals surface area (Å²) in [4.78, 5) is 50.8. The van der Waals surface area contributed by atoms with Gasteiger partial charge in [0.25, 0.3) is 5.91 Å². The van der Waals surface area contributed by atoms with E-state index in [0.717, 1.165) is 6.08 Å². The maximum absolute atomic E-state index is 13.0. The Kier molecular flexibility index (Phi) is 9.17. The van der Waals surface area contributed by atoms with E-state index in [1.54, 1.807) is 6.92 Å². The lowest BCUT2D eigenvalue weighted by Crippen LogP contribution is -2.35. The number of esters is 1. The number of aliphatic hydroxyl groups excluding tert-OH is 1. The van der Waals surface area contributed by atoms with Crippen LogP contribution in [0.5, 0.6) is 0 Å². The van der Waals surface area contributed by atoms with E-state index in [9.17, 15) is 24.3 Å². The van der Waals surface area contributed by atoms with Crippen LogP contribution in [0.4, 0.5) is 0 Å². The molecule has 0 radical (unpaired) electrons. The molecule has 6 atom stereocenters. The average molecular weight is 514 g/mol. The molecule has 1 aliphatic carbocycles. The van der Waals surface area contributed by atoms with Crippen LogP contribution in [0.25, 0.3) is 0 Å². The summed E-state index contributed by atoms with van der Waals surface area (Å²) >= 11 is 0. The van der Waals surface area contributed by atoms with Gasteiger partial charge in [-0.25, -0.2) is 4.79 Å². The Labute approximate surface area is 216 Å². The highest BCUT2D eigenvalue weighted by atomic mass is 16.6. The van der Waals surface area contributed by atoms with Crippen LogP contribution >= 0.6 is 0 Å². The molecule has 0 aromatic rings. The Balaban J connectivity index is 2.04. The number of hydrogen-bond donors (Lipinski definition) is 2. The number of amides is 1. The average Bonchev–Trinajstić information content (AvgIpc) is 3.17. The molecular weight excluding hydrogens is 478 g/mol. The number of hydrogen-bond acceptors (Lipinski definition) is 8. The van der Waals surface area contributed by atoms with Gasteiger partial charge in [-0.15, -0.1) is 0 Å². The van der Waals surface area contributed by atoms with Gasteiger partial charge >= 0.3 is 5.97 Å². The fraction of sp³-hybridized carbons (Fsp3) is 0.500. The zero-order chi connectivity index (χ0) is 27.4. The minimum absolute atomic E-state index is 0.107. The van der Waals surface area contributed by atoms with Crippen LogP contribution in [0.1, 0.15) is 40.5 Å². The lowest BCUT2D eigenvalue weighted by molar-refractivity contribution is -0.138. The van der Waals surface area contributed by atoms with E-state index in [4.69, 9.17) is 14.2 Å². The molecule has 0 saturated carbocycles. The molecule has 0 aromatic carbocycles. The van der Waals surface area contributed by atoms with Crippen molar-refractivity contribution in [2.45, 2.75) is 65.0 Å². The first-order valence-corrected chi connectivity index (χ1v) is 12.3. The Morgan fingerprint density at radius 3 is 2.38 bits per heavy atom. The van der Waals surface area contributed by atoms with Gasteiger partial charge in [-0.1, -0.05) is 26.0 Å². The normalized spacial score (nSPS) is 36.2. The van der Waals surface area contributed by atoms with Crippen LogP contribution < -0.4 is 5.32 Å². The summed E-state index contributed by atoms with van der Waals surface area (Å²) in [5, 5.41) is 13.6. The van der Waals surface area contributed by atoms with Crippen molar-refractivity contribution in [1.82, 2.24) is 5.32 Å². The maximum atomic E-state index is 13.0. The van der Waals surface area contributed by atoms with E-state index in [1.807, 2.05) is 19.9 Å². The Morgan fingerprint density at radius 1 is 1.03 bits per heavy atom. The van der Waals surface area contributed by atoms with Crippen molar-refractivity contribution in [1.29, 1.82) is 0 Å². The summed E-state index contributed by atoms with van der Waals surface area (Å²) in [7, 11) is 2.97. The van der Waals surface area contributed by atoms with Gasteiger partial charge in [0.2, 0.25) is 5.78 Å². The topological polar surface area (TPSA) is 128 Å². The number of ether oxygens (including phenoxy) is 3. The largest absolute Gasteiger partial charge is 0.451 e. The summed E-state index contributed by atoms with van der Waals surface area (Å²) in [6, 6.07) is 0. The highest BCUT2D eigenvalue weighted by molar-refractivity contribution is 6.21. The van der Waals surface area contributed by atoms with Gasteiger partial charge in [0.05, 0.1) is 23.5 Å². The highest BCUT2D eigenvalue weighted by Gasteiger charge is 2.41. The van der Waals surface area contributed by atoms with Crippen LogP contribution in [0, 0.1) is 11.8 Å². The van der Waals surface area contributed by atoms with Crippen LogP contribution in [0.3, 0.4) is 0 Å². The van der Waals surface area contributed by atoms with Crippen molar-refractivity contribution in [3.63, 3.8) is 0 Å². The summed E-state index contributed by atoms with van der Waals surface area (Å²) in [5.74, 6) is -2.45. The predicted molar refractivity (Wildman–Crippen MR) is 135 cm³/mol. The van der Waals surface area contributed by atoms with E-state index < -0.39 is 47.9 Å². The van der Waals surface area contributed by atoms with Crippen molar-refractivity contribution in [2.75, 3.05) is 14.2 Å². The number of ketones is 2. The molecule has 1 amide bonds. The first-order chi connectivity index (χ1) is 17.5. The van der Waals surface area contributed by atoms with Gasteiger partial charge in [0, 0.05) is 37.4 Å². The number of rotatable bonds is 2. The number of Topliss-reactive ketones (excluding diaryl/α,β-unsaturated/α-hetero) is 1. The minimum atomic E-state index is -0.879. The molecule has 1 fully saturated rings. The molecule has 2 N–H and O–H groups in total. The SMILES string of the molecule is CO[C@H]1C[C@H](C)CC2=CC(=O)C=C(NC(=O)/C(C)=C/C=C3/C(=O)O[C@@H](/C(C)=C/[C@H](C)[C@H]1O)[C@H]3OC)C2=O. The van der Waals surface area contributed by atoms with Crippen molar-refractivity contribution in [3.8, 4) is 0 Å². The van der Waals surface area contributed by atoms with Crippen LogP contribution in [-0.2, 0) is 33.4 Å². The van der Waals surface area contributed by atoms with Gasteiger partial charge < -0.3 is 24.6 Å². The number of methoxy groups -OCH3 is 2. The third-order valence-electron chi connectivity index (χ3n) is 6.96. The molecule has 3 aliphatic rings. The first-order valence-electron chi connectivity index (χ1n) is 12.3. The summed E-state index contributed by atoms with van der Waals surface area (Å²) in [6.45, 7) is 7.08. The third-order valence-corrected chi connectivity index (χ3v) is 6.96. The number of nitrogens with one attached hydrogen (secondary N) is 1. The fourth-order valence-corrected chi connectivity index (χ4v) is 4.86. The molecule has 0 unspecified atom stereocenters. The molecular formula is C28H35NO8. The quantitative estimate of drug-likeness (QED) is 0.327. The number of allylic oxidation sites excluding steroid dienone is 5. The number of fused-ring (bicyclic) bond motifs is 4. The predicted octanol–water partition coefficient (Wildman–Crippen LogP) is 2.27. The number of carbonyl (C=O) groups is 4. The molecule has 0 aromatic heterocycles. The van der Waals surface area contributed by atoms with E-state index >= 15 is 0 Å². The van der Waals surface area contributed by atoms with Crippen LogP contribution in [0.15, 0.2) is 58.4 Å². The fourth-order valence-electron chi connectivity index (χ4n) is 4.86. The molecule has 3 rings (SSSR count). The van der Waals surface area contributed by atoms with E-state index in [0.29, 0.717) is 12.0 Å². The molecule has 200 valence electrons. The van der Waals surface area contributed by atoms with Crippen LogP contribution in [-0.4, -0.2) is 67.2 Å². The van der Waals surface area contributed by atoms with Gasteiger partial charge in [-0.2, -0.15) is 0 Å². The summed E-state index contributed by atoms with van der Waals surface area (Å²) in [6.07, 6.45) is 4.98. The zero-order valence-electron chi connectivity index (χ0n) is 22.1.